The molecule has 0 aliphatic heterocycles. The van der Waals surface area contributed by atoms with Crippen molar-refractivity contribution in [2.24, 2.45) is 0 Å². The van der Waals surface area contributed by atoms with Crippen molar-refractivity contribution in [3.8, 4) is 5.75 Å². The van der Waals surface area contributed by atoms with Crippen LogP contribution in [0.4, 0.5) is 13.2 Å². The average Bonchev–Trinajstić information content (AvgIpc) is 2.07. The molecule has 0 aliphatic carbocycles. The van der Waals surface area contributed by atoms with Gasteiger partial charge in [0.2, 0.25) is 0 Å². The van der Waals surface area contributed by atoms with E-state index in [0.29, 0.717) is 0 Å². The molecule has 72 valence electrons. The van der Waals surface area contributed by atoms with Crippen LogP contribution in [0.3, 0.4) is 0 Å². The minimum Gasteiger partial charge on any atom is -0.492 e. The van der Waals surface area contributed by atoms with E-state index in [0.717, 1.165) is 6.07 Å². The molecule has 0 N–H and O–H groups in total. The van der Waals surface area contributed by atoms with Crippen molar-refractivity contribution in [3.05, 3.63) is 22.7 Å². The fourth-order valence-corrected chi connectivity index (χ4v) is 0.983. The number of hydrogen-bond acceptors (Lipinski definition) is 2. The van der Waals surface area contributed by atoms with Gasteiger partial charge >= 0.3 is 0 Å². The summed E-state index contributed by atoms with van der Waals surface area (Å²) >= 11 is 5.39. The van der Waals surface area contributed by atoms with E-state index >= 15 is 0 Å². The maximum Gasteiger partial charge on any atom is 0.281 e. The van der Waals surface area contributed by atoms with Crippen molar-refractivity contribution in [3.63, 3.8) is 0 Å². The molecule has 1 heterocycles. The second-order valence-corrected chi connectivity index (χ2v) is 2.56. The molecule has 0 saturated carbocycles. The van der Waals surface area contributed by atoms with Crippen LogP contribution >= 0.6 is 11.6 Å². The number of aromatic nitrogens is 1. The molecular weight excluding hydrogens is 207 g/mol. The molecule has 1 aromatic rings. The monoisotopic (exact) mass is 211 g/mol. The first kappa shape index (κ1) is 10.1. The SMILES string of the molecule is COc1cc(Cl)c(C(F)F)nc1F. The Morgan fingerprint density at radius 1 is 1.54 bits per heavy atom. The molecule has 2 nitrogen and oxygen atoms in total. The van der Waals surface area contributed by atoms with Crippen LogP contribution in [0.1, 0.15) is 12.1 Å². The van der Waals surface area contributed by atoms with Crippen LogP contribution in [0, 0.1) is 5.95 Å². The predicted octanol–water partition coefficient (Wildman–Crippen LogP) is 2.82. The quantitative estimate of drug-likeness (QED) is 0.702. The van der Waals surface area contributed by atoms with E-state index in [4.69, 9.17) is 11.6 Å². The van der Waals surface area contributed by atoms with E-state index in [9.17, 15) is 13.2 Å². The van der Waals surface area contributed by atoms with Gasteiger partial charge < -0.3 is 4.74 Å². The summed E-state index contributed by atoms with van der Waals surface area (Å²) in [4.78, 5) is 2.97. The molecular formula is C7H5ClF3NO. The van der Waals surface area contributed by atoms with Crippen molar-refractivity contribution in [1.29, 1.82) is 0 Å². The van der Waals surface area contributed by atoms with E-state index in [1.807, 2.05) is 0 Å². The first-order valence-corrected chi connectivity index (χ1v) is 3.62. The van der Waals surface area contributed by atoms with Crippen LogP contribution in [0.15, 0.2) is 6.07 Å². The maximum absolute atomic E-state index is 12.8. The van der Waals surface area contributed by atoms with Gasteiger partial charge in [0.05, 0.1) is 12.1 Å². The Bertz CT molecular complexity index is 319. The lowest BCUT2D eigenvalue weighted by Gasteiger charge is -2.05. The van der Waals surface area contributed by atoms with Gasteiger partial charge in [-0.15, -0.1) is 0 Å². The molecule has 1 rings (SSSR count). The Kier molecular flexibility index (Phi) is 2.98. The third-order valence-electron chi connectivity index (χ3n) is 1.35. The zero-order chi connectivity index (χ0) is 10.0. The minimum absolute atomic E-state index is 0.255. The zero-order valence-electron chi connectivity index (χ0n) is 6.52. The van der Waals surface area contributed by atoms with E-state index in [1.54, 1.807) is 0 Å². The van der Waals surface area contributed by atoms with Crippen LogP contribution in [-0.2, 0) is 0 Å². The smallest absolute Gasteiger partial charge is 0.281 e. The Hall–Kier alpha value is -0.970. The molecule has 0 bridgehead atoms. The number of methoxy groups -OCH3 is 1. The Balaban J connectivity index is 3.20. The summed E-state index contributed by atoms with van der Waals surface area (Å²) in [6.07, 6.45) is -2.90. The van der Waals surface area contributed by atoms with Crippen LogP contribution in [-0.4, -0.2) is 12.1 Å². The molecule has 13 heavy (non-hydrogen) atoms. The molecule has 0 saturated heterocycles. The molecule has 0 aliphatic rings. The summed E-state index contributed by atoms with van der Waals surface area (Å²) in [5.41, 5.74) is -0.778. The van der Waals surface area contributed by atoms with Gasteiger partial charge in [0.25, 0.3) is 12.4 Å². The number of ether oxygens (including phenoxy) is 1. The molecule has 6 heteroatoms. The van der Waals surface area contributed by atoms with Crippen molar-refractivity contribution < 1.29 is 17.9 Å². The fourth-order valence-electron chi connectivity index (χ4n) is 0.759. The van der Waals surface area contributed by atoms with Gasteiger partial charge in [-0.1, -0.05) is 11.6 Å². The van der Waals surface area contributed by atoms with E-state index in [1.165, 1.54) is 7.11 Å². The second-order valence-electron chi connectivity index (χ2n) is 2.15. The third kappa shape index (κ3) is 2.03. The third-order valence-corrected chi connectivity index (χ3v) is 1.65. The molecule has 0 radical (unpaired) electrons. The molecule has 0 aromatic carbocycles. The number of nitrogens with zero attached hydrogens (tertiary/aromatic N) is 1. The Morgan fingerprint density at radius 2 is 2.15 bits per heavy atom. The highest BCUT2D eigenvalue weighted by Crippen LogP contribution is 2.29. The summed E-state index contributed by atoms with van der Waals surface area (Å²) in [5, 5.41) is -0.312. The molecule has 0 atom stereocenters. The summed E-state index contributed by atoms with van der Waals surface area (Å²) in [6, 6.07) is 0.964. The van der Waals surface area contributed by atoms with Crippen LogP contribution in [0.5, 0.6) is 5.75 Å². The molecule has 0 unspecified atom stereocenters. The van der Waals surface area contributed by atoms with Gasteiger partial charge in [-0.2, -0.15) is 4.39 Å². The van der Waals surface area contributed by atoms with E-state index < -0.39 is 18.1 Å². The largest absolute Gasteiger partial charge is 0.492 e. The lowest BCUT2D eigenvalue weighted by molar-refractivity contribution is 0.144. The number of rotatable bonds is 2. The van der Waals surface area contributed by atoms with Gasteiger partial charge in [0, 0.05) is 6.07 Å². The number of pyridine rings is 1. The van der Waals surface area contributed by atoms with Crippen LogP contribution in [0.25, 0.3) is 0 Å². The van der Waals surface area contributed by atoms with Crippen molar-refractivity contribution >= 4 is 11.6 Å². The number of alkyl halides is 2. The van der Waals surface area contributed by atoms with Crippen LogP contribution < -0.4 is 4.74 Å². The normalized spacial score (nSPS) is 10.6. The summed E-state index contributed by atoms with van der Waals surface area (Å²) in [6.45, 7) is 0. The second kappa shape index (κ2) is 3.83. The Morgan fingerprint density at radius 3 is 2.62 bits per heavy atom. The van der Waals surface area contributed by atoms with Crippen LogP contribution in [0.2, 0.25) is 5.02 Å². The highest BCUT2D eigenvalue weighted by Gasteiger charge is 2.17. The minimum atomic E-state index is -2.90. The lowest BCUT2D eigenvalue weighted by atomic mass is 10.3. The summed E-state index contributed by atoms with van der Waals surface area (Å²) in [7, 11) is 1.19. The van der Waals surface area contributed by atoms with E-state index in [-0.39, 0.29) is 10.8 Å². The predicted molar refractivity (Wildman–Crippen MR) is 40.7 cm³/mol. The Labute approximate surface area is 77.3 Å². The van der Waals surface area contributed by atoms with Crippen molar-refractivity contribution in [1.82, 2.24) is 4.98 Å². The molecule has 1 aromatic heterocycles. The standard InChI is InChI=1S/C7H5ClF3NO/c1-13-4-2-3(8)5(6(9)10)12-7(4)11/h2,6H,1H3. The molecule has 0 spiro atoms. The number of halogens is 4. The highest BCUT2D eigenvalue weighted by molar-refractivity contribution is 6.31. The van der Waals surface area contributed by atoms with Gasteiger partial charge in [0.1, 0.15) is 5.69 Å². The van der Waals surface area contributed by atoms with E-state index in [2.05, 4.69) is 9.72 Å². The topological polar surface area (TPSA) is 22.1 Å². The highest BCUT2D eigenvalue weighted by atomic mass is 35.5. The van der Waals surface area contributed by atoms with Crippen molar-refractivity contribution in [2.45, 2.75) is 6.43 Å². The lowest BCUT2D eigenvalue weighted by Crippen LogP contribution is -1.98. The fraction of sp³-hybridized carbons (Fsp3) is 0.286. The van der Waals surface area contributed by atoms with Crippen molar-refractivity contribution in [2.75, 3.05) is 7.11 Å². The molecule has 0 amide bonds. The summed E-state index contributed by atoms with van der Waals surface area (Å²) < 4.78 is 41.4. The first-order chi connectivity index (χ1) is 6.06. The molecule has 0 fully saturated rings. The van der Waals surface area contributed by atoms with Gasteiger partial charge in [0.15, 0.2) is 5.75 Å². The maximum atomic E-state index is 12.8. The van der Waals surface area contributed by atoms with Gasteiger partial charge in [-0.05, 0) is 0 Å². The number of hydrogen-bond donors (Lipinski definition) is 0. The van der Waals surface area contributed by atoms with Gasteiger partial charge in [-0.25, -0.2) is 13.8 Å². The zero-order valence-corrected chi connectivity index (χ0v) is 7.28. The van der Waals surface area contributed by atoms with Gasteiger partial charge in [-0.3, -0.25) is 0 Å². The average molecular weight is 212 g/mol. The summed E-state index contributed by atoms with van der Waals surface area (Å²) in [5.74, 6) is -1.35. The first-order valence-electron chi connectivity index (χ1n) is 3.24.